The number of benzene rings is 1. The Morgan fingerprint density at radius 1 is 1.16 bits per heavy atom. The van der Waals surface area contributed by atoms with Crippen molar-refractivity contribution in [1.82, 2.24) is 10.2 Å². The van der Waals surface area contributed by atoms with Gasteiger partial charge in [0.2, 0.25) is 0 Å². The van der Waals surface area contributed by atoms with Gasteiger partial charge in [0, 0.05) is 31.2 Å². The van der Waals surface area contributed by atoms with Gasteiger partial charge in [-0.1, -0.05) is 43.7 Å². The summed E-state index contributed by atoms with van der Waals surface area (Å²) in [6, 6.07) is 11.3. The van der Waals surface area contributed by atoms with E-state index in [4.69, 9.17) is 0 Å². The molecule has 106 valence electrons. The number of nitrogens with one attached hydrogen (secondary N) is 1. The van der Waals surface area contributed by atoms with Crippen LogP contribution in [0, 0.1) is 5.92 Å². The van der Waals surface area contributed by atoms with E-state index in [1.807, 2.05) is 0 Å². The van der Waals surface area contributed by atoms with Crippen molar-refractivity contribution in [2.45, 2.75) is 52.2 Å². The highest BCUT2D eigenvalue weighted by atomic mass is 15.2. The zero-order valence-electron chi connectivity index (χ0n) is 12.8. The summed E-state index contributed by atoms with van der Waals surface area (Å²) in [6.45, 7) is 12.7. The van der Waals surface area contributed by atoms with Gasteiger partial charge in [-0.2, -0.15) is 0 Å². The molecule has 1 aliphatic heterocycles. The second-order valence-electron chi connectivity index (χ2n) is 6.72. The van der Waals surface area contributed by atoms with Gasteiger partial charge in [-0.3, -0.25) is 4.90 Å². The van der Waals surface area contributed by atoms with Gasteiger partial charge in [0.15, 0.2) is 0 Å². The molecule has 2 heteroatoms. The van der Waals surface area contributed by atoms with E-state index in [1.165, 1.54) is 25.1 Å². The van der Waals surface area contributed by atoms with Crippen LogP contribution in [0.25, 0.3) is 0 Å². The Morgan fingerprint density at radius 2 is 1.84 bits per heavy atom. The lowest BCUT2D eigenvalue weighted by Gasteiger charge is -2.31. The Balaban J connectivity index is 1.92. The van der Waals surface area contributed by atoms with Crippen LogP contribution in [0.4, 0.5) is 0 Å². The van der Waals surface area contributed by atoms with Crippen molar-refractivity contribution in [2.75, 3.05) is 13.1 Å². The van der Waals surface area contributed by atoms with E-state index >= 15 is 0 Å². The van der Waals surface area contributed by atoms with Crippen molar-refractivity contribution < 1.29 is 0 Å². The van der Waals surface area contributed by atoms with Crippen LogP contribution in [-0.4, -0.2) is 29.6 Å². The minimum atomic E-state index is 0.288. The van der Waals surface area contributed by atoms with E-state index in [9.17, 15) is 0 Å². The zero-order chi connectivity index (χ0) is 13.9. The molecule has 1 fully saturated rings. The first-order chi connectivity index (χ1) is 9.00. The SMILES string of the molecule is CCC1CN(C(C)(C)C)CC1NCc1ccccc1. The second kappa shape index (κ2) is 6.06. The lowest BCUT2D eigenvalue weighted by Crippen LogP contribution is -2.42. The fraction of sp³-hybridized carbons (Fsp3) is 0.647. The van der Waals surface area contributed by atoms with Crippen LogP contribution in [0.15, 0.2) is 30.3 Å². The van der Waals surface area contributed by atoms with Gasteiger partial charge in [0.1, 0.15) is 0 Å². The molecule has 0 aliphatic carbocycles. The molecule has 2 nitrogen and oxygen atoms in total. The second-order valence-corrected chi connectivity index (χ2v) is 6.72. The Labute approximate surface area is 118 Å². The standard InChI is InChI=1S/C17H28N2/c1-5-15-12-19(17(2,3)4)13-16(15)18-11-14-9-7-6-8-10-14/h6-10,15-16,18H,5,11-13H2,1-4H3. The third kappa shape index (κ3) is 3.80. The van der Waals surface area contributed by atoms with Gasteiger partial charge < -0.3 is 5.32 Å². The number of nitrogens with zero attached hydrogens (tertiary/aromatic N) is 1. The Bertz CT molecular complexity index is 380. The summed E-state index contributed by atoms with van der Waals surface area (Å²) < 4.78 is 0. The molecule has 19 heavy (non-hydrogen) atoms. The normalized spacial score (nSPS) is 24.8. The van der Waals surface area contributed by atoms with Crippen LogP contribution >= 0.6 is 0 Å². The maximum Gasteiger partial charge on any atom is 0.0238 e. The Morgan fingerprint density at radius 3 is 2.42 bits per heavy atom. The molecule has 1 saturated heterocycles. The smallest absolute Gasteiger partial charge is 0.0238 e. The summed E-state index contributed by atoms with van der Waals surface area (Å²) in [7, 11) is 0. The topological polar surface area (TPSA) is 15.3 Å². The fourth-order valence-corrected chi connectivity index (χ4v) is 2.91. The van der Waals surface area contributed by atoms with E-state index in [0.717, 1.165) is 12.5 Å². The van der Waals surface area contributed by atoms with Crippen molar-refractivity contribution in [1.29, 1.82) is 0 Å². The average molecular weight is 260 g/mol. The molecule has 0 bridgehead atoms. The number of hydrogen-bond acceptors (Lipinski definition) is 2. The highest BCUT2D eigenvalue weighted by Crippen LogP contribution is 2.26. The molecule has 1 aromatic rings. The Kier molecular flexibility index (Phi) is 4.64. The van der Waals surface area contributed by atoms with Gasteiger partial charge in [-0.05, 0) is 32.3 Å². The predicted molar refractivity (Wildman–Crippen MR) is 82.2 cm³/mol. The van der Waals surface area contributed by atoms with Gasteiger partial charge in [0.05, 0.1) is 0 Å². The highest BCUT2D eigenvalue weighted by molar-refractivity contribution is 5.14. The number of likely N-dealkylation sites (tertiary alicyclic amines) is 1. The third-order valence-electron chi connectivity index (χ3n) is 4.33. The van der Waals surface area contributed by atoms with E-state index in [2.05, 4.69) is 68.2 Å². The first kappa shape index (κ1) is 14.5. The molecule has 0 saturated carbocycles. The molecular formula is C17H28N2. The summed E-state index contributed by atoms with van der Waals surface area (Å²) in [6.07, 6.45) is 1.26. The van der Waals surface area contributed by atoms with Crippen molar-refractivity contribution >= 4 is 0 Å². The summed E-state index contributed by atoms with van der Waals surface area (Å²) in [5.41, 5.74) is 1.67. The average Bonchev–Trinajstić information content (AvgIpc) is 2.81. The highest BCUT2D eigenvalue weighted by Gasteiger charge is 2.36. The maximum atomic E-state index is 3.76. The molecule has 1 heterocycles. The molecule has 1 aliphatic rings. The lowest BCUT2D eigenvalue weighted by atomic mass is 10.0. The van der Waals surface area contributed by atoms with Crippen molar-refractivity contribution in [3.05, 3.63) is 35.9 Å². The lowest BCUT2D eigenvalue weighted by molar-refractivity contribution is 0.166. The van der Waals surface area contributed by atoms with Gasteiger partial charge in [-0.15, -0.1) is 0 Å². The number of rotatable bonds is 4. The van der Waals surface area contributed by atoms with Crippen LogP contribution in [0.2, 0.25) is 0 Å². The van der Waals surface area contributed by atoms with E-state index < -0.39 is 0 Å². The quantitative estimate of drug-likeness (QED) is 0.893. The molecule has 0 spiro atoms. The van der Waals surface area contributed by atoms with E-state index in [1.54, 1.807) is 0 Å². The van der Waals surface area contributed by atoms with Crippen molar-refractivity contribution in [3.8, 4) is 0 Å². The predicted octanol–water partition coefficient (Wildman–Crippen LogP) is 3.29. The molecule has 1 N–H and O–H groups in total. The molecule has 0 aromatic heterocycles. The third-order valence-corrected chi connectivity index (χ3v) is 4.33. The van der Waals surface area contributed by atoms with E-state index in [-0.39, 0.29) is 5.54 Å². The minimum absolute atomic E-state index is 0.288. The van der Waals surface area contributed by atoms with Crippen LogP contribution < -0.4 is 5.32 Å². The number of hydrogen-bond donors (Lipinski definition) is 1. The molecule has 0 amide bonds. The largest absolute Gasteiger partial charge is 0.308 e. The van der Waals surface area contributed by atoms with Crippen LogP contribution in [0.5, 0.6) is 0 Å². The molecule has 2 atom stereocenters. The van der Waals surface area contributed by atoms with Crippen LogP contribution in [0.1, 0.15) is 39.7 Å². The van der Waals surface area contributed by atoms with Crippen LogP contribution in [-0.2, 0) is 6.54 Å². The van der Waals surface area contributed by atoms with Crippen molar-refractivity contribution in [3.63, 3.8) is 0 Å². The summed E-state index contributed by atoms with van der Waals surface area (Å²) >= 11 is 0. The molecule has 2 rings (SSSR count). The van der Waals surface area contributed by atoms with E-state index in [0.29, 0.717) is 6.04 Å². The first-order valence-corrected chi connectivity index (χ1v) is 7.53. The summed E-state index contributed by atoms with van der Waals surface area (Å²) in [5.74, 6) is 0.780. The van der Waals surface area contributed by atoms with Crippen LogP contribution in [0.3, 0.4) is 0 Å². The van der Waals surface area contributed by atoms with Gasteiger partial charge >= 0.3 is 0 Å². The summed E-state index contributed by atoms with van der Waals surface area (Å²) in [5, 5.41) is 3.76. The first-order valence-electron chi connectivity index (χ1n) is 7.53. The molecule has 2 unspecified atom stereocenters. The monoisotopic (exact) mass is 260 g/mol. The Hall–Kier alpha value is -0.860. The van der Waals surface area contributed by atoms with Gasteiger partial charge in [-0.25, -0.2) is 0 Å². The zero-order valence-corrected chi connectivity index (χ0v) is 12.8. The summed E-state index contributed by atoms with van der Waals surface area (Å²) in [4.78, 5) is 2.61. The molecule has 1 aromatic carbocycles. The van der Waals surface area contributed by atoms with Crippen molar-refractivity contribution in [2.24, 2.45) is 5.92 Å². The molecule has 0 radical (unpaired) electrons. The fourth-order valence-electron chi connectivity index (χ4n) is 2.91. The maximum absolute atomic E-state index is 3.76. The minimum Gasteiger partial charge on any atom is -0.308 e. The van der Waals surface area contributed by atoms with Gasteiger partial charge in [0.25, 0.3) is 0 Å². The molecular weight excluding hydrogens is 232 g/mol.